The van der Waals surface area contributed by atoms with Gasteiger partial charge in [-0.3, -0.25) is 0 Å². The van der Waals surface area contributed by atoms with E-state index >= 15 is 0 Å². The quantitative estimate of drug-likeness (QED) is 0.542. The molecule has 1 N–H and O–H groups in total. The molecule has 2 amide bonds. The molecule has 0 radical (unpaired) electrons. The van der Waals surface area contributed by atoms with Gasteiger partial charge in [-0.15, -0.1) is 11.8 Å². The normalized spacial score (nSPS) is 14.9. The monoisotopic (exact) mass is 452 g/mol. The summed E-state index contributed by atoms with van der Waals surface area (Å²) in [6.45, 7) is 1.96. The van der Waals surface area contributed by atoms with Crippen LogP contribution in [0.25, 0.3) is 10.2 Å². The van der Waals surface area contributed by atoms with E-state index in [2.05, 4.69) is 10.2 Å². The Morgan fingerprint density at radius 1 is 1.10 bits per heavy atom. The van der Waals surface area contributed by atoms with Crippen molar-refractivity contribution in [3.8, 4) is 0 Å². The van der Waals surface area contributed by atoms with Crippen LogP contribution in [0.3, 0.4) is 0 Å². The highest BCUT2D eigenvalue weighted by Gasteiger charge is 2.34. The summed E-state index contributed by atoms with van der Waals surface area (Å²) in [5, 5.41) is 3.31. The number of nitrogens with zero attached hydrogens (tertiary/aromatic N) is 3. The maximum Gasteiger partial charge on any atom is 0.418 e. The molecule has 1 fully saturated rings. The number of benzene rings is 2. The number of hydrogen-bond acceptors (Lipinski definition) is 5. The molecule has 30 heavy (non-hydrogen) atoms. The van der Waals surface area contributed by atoms with Gasteiger partial charge < -0.3 is 15.1 Å². The van der Waals surface area contributed by atoms with Crippen molar-refractivity contribution in [3.63, 3.8) is 0 Å². The van der Waals surface area contributed by atoms with Gasteiger partial charge in [-0.05, 0) is 30.5 Å². The fraction of sp³-hybridized carbons (Fsp3) is 0.300. The number of carbonyl (C=O) groups is 1. The largest absolute Gasteiger partial charge is 0.418 e. The van der Waals surface area contributed by atoms with Gasteiger partial charge in [-0.1, -0.05) is 29.5 Å². The minimum absolute atomic E-state index is 0.229. The minimum Gasteiger partial charge on any atom is -0.345 e. The van der Waals surface area contributed by atoms with Gasteiger partial charge in [0.25, 0.3) is 0 Å². The number of alkyl halides is 3. The molecule has 0 atom stereocenters. The lowest BCUT2D eigenvalue weighted by Gasteiger charge is -2.34. The van der Waals surface area contributed by atoms with Crippen LogP contribution < -0.4 is 10.2 Å². The van der Waals surface area contributed by atoms with Gasteiger partial charge in [0.05, 0.1) is 21.5 Å². The predicted octanol–water partition coefficient (Wildman–Crippen LogP) is 5.39. The molecule has 0 bridgehead atoms. The van der Waals surface area contributed by atoms with E-state index in [0.29, 0.717) is 26.2 Å². The van der Waals surface area contributed by atoms with Gasteiger partial charge in [0, 0.05) is 31.1 Å². The highest BCUT2D eigenvalue weighted by Crippen LogP contribution is 2.36. The molecule has 3 aromatic rings. The van der Waals surface area contributed by atoms with Gasteiger partial charge in [0.15, 0.2) is 5.13 Å². The molecule has 0 spiro atoms. The number of thiazole rings is 1. The molecule has 158 valence electrons. The fourth-order valence-corrected chi connectivity index (χ4v) is 5.02. The first-order valence-electron chi connectivity index (χ1n) is 9.27. The van der Waals surface area contributed by atoms with E-state index in [1.807, 2.05) is 24.5 Å². The minimum atomic E-state index is -4.52. The summed E-state index contributed by atoms with van der Waals surface area (Å²) < 4.78 is 40.5. The van der Waals surface area contributed by atoms with E-state index in [0.717, 1.165) is 26.3 Å². The Labute approximate surface area is 179 Å². The number of amides is 2. The lowest BCUT2D eigenvalue weighted by atomic mass is 10.1. The number of para-hydroxylation sites is 2. The molecule has 5 nitrogen and oxygen atoms in total. The Bertz CT molecular complexity index is 1060. The summed E-state index contributed by atoms with van der Waals surface area (Å²) in [6, 6.07) is 10.6. The van der Waals surface area contributed by atoms with Crippen LogP contribution in [-0.4, -0.2) is 48.3 Å². The molecule has 2 aromatic carbocycles. The summed E-state index contributed by atoms with van der Waals surface area (Å²) in [4.78, 5) is 22.1. The molecule has 0 saturated carbocycles. The maximum atomic E-state index is 13.1. The van der Waals surface area contributed by atoms with E-state index < -0.39 is 17.8 Å². The van der Waals surface area contributed by atoms with Gasteiger partial charge in [0.2, 0.25) is 0 Å². The second-order valence-electron chi connectivity index (χ2n) is 6.75. The lowest BCUT2D eigenvalue weighted by molar-refractivity contribution is -0.136. The Morgan fingerprint density at radius 2 is 1.83 bits per heavy atom. The first kappa shape index (κ1) is 20.8. The number of aromatic nitrogens is 1. The number of piperazine rings is 1. The second kappa shape index (κ2) is 8.35. The van der Waals surface area contributed by atoms with Crippen molar-refractivity contribution in [2.75, 3.05) is 42.7 Å². The number of fused-ring (bicyclic) bond motifs is 1. The number of urea groups is 1. The molecular formula is C20H19F3N4OS2. The van der Waals surface area contributed by atoms with E-state index in [1.54, 1.807) is 23.1 Å². The highest BCUT2D eigenvalue weighted by molar-refractivity contribution is 7.98. The number of rotatable bonds is 3. The van der Waals surface area contributed by atoms with Crippen molar-refractivity contribution in [1.82, 2.24) is 9.88 Å². The molecule has 10 heteroatoms. The zero-order chi connectivity index (χ0) is 21.3. The van der Waals surface area contributed by atoms with Crippen LogP contribution in [0.15, 0.2) is 47.4 Å². The summed E-state index contributed by atoms with van der Waals surface area (Å²) >= 11 is 3.26. The Balaban J connectivity index is 1.42. The van der Waals surface area contributed by atoms with Crippen LogP contribution in [0, 0.1) is 0 Å². The zero-order valence-corrected chi connectivity index (χ0v) is 17.7. The molecule has 1 aromatic heterocycles. The van der Waals surface area contributed by atoms with Crippen LogP contribution >= 0.6 is 23.1 Å². The highest BCUT2D eigenvalue weighted by atomic mass is 32.2. The van der Waals surface area contributed by atoms with Crippen molar-refractivity contribution in [2.24, 2.45) is 0 Å². The van der Waals surface area contributed by atoms with Crippen LogP contribution in [0.1, 0.15) is 5.56 Å². The summed E-state index contributed by atoms with van der Waals surface area (Å²) in [6.07, 6.45) is -2.51. The van der Waals surface area contributed by atoms with E-state index in [4.69, 9.17) is 4.98 Å². The third kappa shape index (κ3) is 4.20. The number of thioether (sulfide) groups is 1. The molecule has 1 aliphatic rings. The standard InChI is InChI=1S/C20H19F3N4OS2/c1-29-15-7-4-8-16-17(15)25-19(30-16)27-11-9-26(10-12-27)18(28)24-14-6-3-2-5-13(14)20(21,22)23/h2-8H,9-12H2,1H3,(H,24,28). The van der Waals surface area contributed by atoms with Crippen molar-refractivity contribution in [2.45, 2.75) is 11.1 Å². The number of nitrogens with one attached hydrogen (secondary N) is 1. The van der Waals surface area contributed by atoms with Crippen molar-refractivity contribution >= 4 is 50.2 Å². The lowest BCUT2D eigenvalue weighted by Crippen LogP contribution is -2.50. The Hall–Kier alpha value is -2.46. The predicted molar refractivity (Wildman–Crippen MR) is 116 cm³/mol. The third-order valence-corrected chi connectivity index (χ3v) is 6.75. The third-order valence-electron chi connectivity index (χ3n) is 4.90. The number of carbonyl (C=O) groups excluding carboxylic acids is 1. The number of halogens is 3. The van der Waals surface area contributed by atoms with Gasteiger partial charge in [0.1, 0.15) is 0 Å². The SMILES string of the molecule is CSc1cccc2sc(N3CCN(C(=O)Nc4ccccc4C(F)(F)F)CC3)nc12. The fourth-order valence-electron chi connectivity index (χ4n) is 3.35. The van der Waals surface area contributed by atoms with Crippen LogP contribution in [-0.2, 0) is 6.18 Å². The summed E-state index contributed by atoms with van der Waals surface area (Å²) in [7, 11) is 0. The Kier molecular flexibility index (Phi) is 5.79. The topological polar surface area (TPSA) is 48.5 Å². The van der Waals surface area contributed by atoms with E-state index in [9.17, 15) is 18.0 Å². The average Bonchev–Trinajstić information content (AvgIpc) is 3.18. The van der Waals surface area contributed by atoms with Crippen molar-refractivity contribution in [3.05, 3.63) is 48.0 Å². The van der Waals surface area contributed by atoms with Gasteiger partial charge >= 0.3 is 12.2 Å². The van der Waals surface area contributed by atoms with Crippen LogP contribution in [0.5, 0.6) is 0 Å². The summed E-state index contributed by atoms with van der Waals surface area (Å²) in [5.41, 5.74) is -0.0989. The van der Waals surface area contributed by atoms with E-state index in [1.165, 1.54) is 23.1 Å². The molecular weight excluding hydrogens is 433 g/mol. The number of hydrogen-bond donors (Lipinski definition) is 1. The molecule has 0 aliphatic carbocycles. The smallest absolute Gasteiger partial charge is 0.345 e. The zero-order valence-electron chi connectivity index (χ0n) is 16.1. The average molecular weight is 453 g/mol. The van der Waals surface area contributed by atoms with Gasteiger partial charge in [-0.25, -0.2) is 9.78 Å². The van der Waals surface area contributed by atoms with Crippen molar-refractivity contribution < 1.29 is 18.0 Å². The molecule has 0 unspecified atom stereocenters. The molecule has 4 rings (SSSR count). The first-order valence-corrected chi connectivity index (χ1v) is 11.3. The molecule has 2 heterocycles. The van der Waals surface area contributed by atoms with Crippen molar-refractivity contribution in [1.29, 1.82) is 0 Å². The summed E-state index contributed by atoms with van der Waals surface area (Å²) in [5.74, 6) is 0. The van der Waals surface area contributed by atoms with Crippen LogP contribution in [0.2, 0.25) is 0 Å². The maximum absolute atomic E-state index is 13.1. The first-order chi connectivity index (χ1) is 14.4. The molecule has 1 aliphatic heterocycles. The van der Waals surface area contributed by atoms with Crippen LogP contribution in [0.4, 0.5) is 28.8 Å². The Morgan fingerprint density at radius 3 is 2.53 bits per heavy atom. The molecule has 1 saturated heterocycles. The van der Waals surface area contributed by atoms with Gasteiger partial charge in [-0.2, -0.15) is 13.2 Å². The second-order valence-corrected chi connectivity index (χ2v) is 8.61. The van der Waals surface area contributed by atoms with E-state index in [-0.39, 0.29) is 5.69 Å². The number of anilines is 2.